The van der Waals surface area contributed by atoms with E-state index in [0.717, 1.165) is 17.7 Å². The van der Waals surface area contributed by atoms with Gasteiger partial charge in [0.1, 0.15) is 0 Å². The molecule has 1 heterocycles. The summed E-state index contributed by atoms with van der Waals surface area (Å²) in [6, 6.07) is 9.73. The van der Waals surface area contributed by atoms with E-state index in [-0.39, 0.29) is 12.5 Å². The number of carbonyl (C=O) groups excluding carboxylic acids is 2. The van der Waals surface area contributed by atoms with Crippen LogP contribution in [0.3, 0.4) is 0 Å². The third-order valence-electron chi connectivity index (χ3n) is 3.93. The number of nitrogens with zero attached hydrogens (tertiary/aromatic N) is 2. The van der Waals surface area contributed by atoms with Crippen molar-refractivity contribution in [3.63, 3.8) is 0 Å². The SMILES string of the molecule is CC(C)CCOC(C)C(=O)OCC(=O)N1CCC(c2ccccc2)=N1. The average Bonchev–Trinajstić information content (AvgIpc) is 3.10. The highest BCUT2D eigenvalue weighted by molar-refractivity contribution is 6.02. The molecule has 0 radical (unpaired) electrons. The topological polar surface area (TPSA) is 68.2 Å². The number of carbonyl (C=O) groups is 2. The Bertz CT molecular complexity index is 613. The van der Waals surface area contributed by atoms with Crippen molar-refractivity contribution in [2.45, 2.75) is 39.7 Å². The second-order valence-electron chi connectivity index (χ2n) is 6.48. The summed E-state index contributed by atoms with van der Waals surface area (Å²) in [5.41, 5.74) is 1.87. The van der Waals surface area contributed by atoms with Crippen LogP contribution in [0.1, 0.15) is 39.2 Å². The zero-order valence-corrected chi connectivity index (χ0v) is 15.1. The van der Waals surface area contributed by atoms with E-state index < -0.39 is 12.1 Å². The Hall–Kier alpha value is -2.21. The number of hydrogen-bond donors (Lipinski definition) is 0. The normalized spacial score (nSPS) is 15.2. The van der Waals surface area contributed by atoms with Crippen LogP contribution < -0.4 is 0 Å². The lowest BCUT2D eigenvalue weighted by atomic mass is 10.1. The standard InChI is InChI=1S/C19H26N2O4/c1-14(2)10-12-24-15(3)19(23)25-13-18(22)21-11-9-17(20-21)16-7-5-4-6-8-16/h4-8,14-15H,9-13H2,1-3H3. The van der Waals surface area contributed by atoms with E-state index >= 15 is 0 Å². The molecule has 25 heavy (non-hydrogen) atoms. The summed E-state index contributed by atoms with van der Waals surface area (Å²) in [5.74, 6) is -0.339. The first-order valence-corrected chi connectivity index (χ1v) is 8.69. The van der Waals surface area contributed by atoms with E-state index in [9.17, 15) is 9.59 Å². The number of esters is 1. The van der Waals surface area contributed by atoms with Crippen LogP contribution in [-0.2, 0) is 19.1 Å². The van der Waals surface area contributed by atoms with E-state index in [2.05, 4.69) is 18.9 Å². The second-order valence-corrected chi connectivity index (χ2v) is 6.48. The number of benzene rings is 1. The highest BCUT2D eigenvalue weighted by Gasteiger charge is 2.23. The van der Waals surface area contributed by atoms with Crippen LogP contribution in [0.25, 0.3) is 0 Å². The monoisotopic (exact) mass is 346 g/mol. The predicted molar refractivity (Wildman–Crippen MR) is 95.1 cm³/mol. The van der Waals surface area contributed by atoms with Gasteiger partial charge in [0.15, 0.2) is 12.7 Å². The van der Waals surface area contributed by atoms with Gasteiger partial charge in [-0.2, -0.15) is 5.10 Å². The molecule has 6 nitrogen and oxygen atoms in total. The molecule has 0 aliphatic carbocycles. The largest absolute Gasteiger partial charge is 0.454 e. The van der Waals surface area contributed by atoms with E-state index in [0.29, 0.717) is 25.5 Å². The van der Waals surface area contributed by atoms with Crippen LogP contribution in [0.4, 0.5) is 0 Å². The van der Waals surface area contributed by atoms with Crippen molar-refractivity contribution in [2.24, 2.45) is 11.0 Å². The molecule has 0 saturated carbocycles. The minimum absolute atomic E-state index is 0.317. The van der Waals surface area contributed by atoms with Gasteiger partial charge in [0, 0.05) is 13.0 Å². The first-order chi connectivity index (χ1) is 12.0. The van der Waals surface area contributed by atoms with E-state index in [1.165, 1.54) is 5.01 Å². The Morgan fingerprint density at radius 1 is 1.20 bits per heavy atom. The van der Waals surface area contributed by atoms with Crippen molar-refractivity contribution in [3.05, 3.63) is 35.9 Å². The van der Waals surface area contributed by atoms with Gasteiger partial charge in [0.05, 0.1) is 12.3 Å². The number of amides is 1. The van der Waals surface area contributed by atoms with Crippen molar-refractivity contribution >= 4 is 17.6 Å². The van der Waals surface area contributed by atoms with Crippen molar-refractivity contribution < 1.29 is 19.1 Å². The van der Waals surface area contributed by atoms with Crippen molar-refractivity contribution in [1.29, 1.82) is 0 Å². The van der Waals surface area contributed by atoms with Crippen molar-refractivity contribution in [3.8, 4) is 0 Å². The summed E-state index contributed by atoms with van der Waals surface area (Å²) in [4.78, 5) is 24.0. The lowest BCUT2D eigenvalue weighted by Crippen LogP contribution is -2.32. The van der Waals surface area contributed by atoms with Crippen LogP contribution in [-0.4, -0.2) is 48.5 Å². The van der Waals surface area contributed by atoms with Gasteiger partial charge in [0.2, 0.25) is 0 Å². The maximum absolute atomic E-state index is 12.2. The van der Waals surface area contributed by atoms with E-state index in [1.54, 1.807) is 6.92 Å². The summed E-state index contributed by atoms with van der Waals surface area (Å²) in [6.45, 7) is 6.49. The quantitative estimate of drug-likeness (QED) is 0.679. The van der Waals surface area contributed by atoms with Gasteiger partial charge in [0.25, 0.3) is 5.91 Å². The smallest absolute Gasteiger partial charge is 0.335 e. The molecule has 0 N–H and O–H groups in total. The fraction of sp³-hybridized carbons (Fsp3) is 0.526. The van der Waals surface area contributed by atoms with Gasteiger partial charge in [-0.1, -0.05) is 44.2 Å². The van der Waals surface area contributed by atoms with Gasteiger partial charge in [-0.05, 0) is 24.8 Å². The Kier molecular flexibility index (Phi) is 7.13. The number of rotatable bonds is 8. The molecule has 1 unspecified atom stereocenters. The molecule has 1 aliphatic rings. The minimum Gasteiger partial charge on any atom is -0.454 e. The predicted octanol–water partition coefficient (Wildman–Crippen LogP) is 2.62. The zero-order chi connectivity index (χ0) is 18.2. The molecular weight excluding hydrogens is 320 g/mol. The summed E-state index contributed by atoms with van der Waals surface area (Å²) in [7, 11) is 0. The van der Waals surface area contributed by atoms with Gasteiger partial charge >= 0.3 is 5.97 Å². The van der Waals surface area contributed by atoms with Crippen LogP contribution in [0, 0.1) is 5.92 Å². The maximum Gasteiger partial charge on any atom is 0.335 e. The van der Waals surface area contributed by atoms with E-state index in [4.69, 9.17) is 9.47 Å². The lowest BCUT2D eigenvalue weighted by Gasteiger charge is -2.15. The highest BCUT2D eigenvalue weighted by Crippen LogP contribution is 2.13. The first-order valence-electron chi connectivity index (χ1n) is 8.69. The molecule has 6 heteroatoms. The van der Waals surface area contributed by atoms with Gasteiger partial charge in [-0.25, -0.2) is 9.80 Å². The Morgan fingerprint density at radius 2 is 1.92 bits per heavy atom. The Labute approximate surface area is 148 Å². The lowest BCUT2D eigenvalue weighted by molar-refractivity contribution is -0.161. The zero-order valence-electron chi connectivity index (χ0n) is 15.1. The number of ether oxygens (including phenoxy) is 2. The van der Waals surface area contributed by atoms with Crippen molar-refractivity contribution in [2.75, 3.05) is 19.8 Å². The molecule has 0 bridgehead atoms. The van der Waals surface area contributed by atoms with Gasteiger partial charge in [-0.15, -0.1) is 0 Å². The number of hydrogen-bond acceptors (Lipinski definition) is 5. The molecular formula is C19H26N2O4. The fourth-order valence-electron chi connectivity index (χ4n) is 2.34. The van der Waals surface area contributed by atoms with Crippen LogP contribution in [0.2, 0.25) is 0 Å². The molecule has 2 rings (SSSR count). The summed E-state index contributed by atoms with van der Waals surface area (Å²) >= 11 is 0. The second kappa shape index (κ2) is 9.32. The molecule has 136 valence electrons. The summed E-state index contributed by atoms with van der Waals surface area (Å²) in [6.07, 6.45) is 0.896. The maximum atomic E-state index is 12.2. The average molecular weight is 346 g/mol. The third kappa shape index (κ3) is 5.98. The van der Waals surface area contributed by atoms with Gasteiger partial charge in [-0.3, -0.25) is 4.79 Å². The highest BCUT2D eigenvalue weighted by atomic mass is 16.6. The molecule has 0 saturated heterocycles. The molecule has 0 aromatic heterocycles. The van der Waals surface area contributed by atoms with E-state index in [1.807, 2.05) is 30.3 Å². The van der Waals surface area contributed by atoms with Crippen LogP contribution >= 0.6 is 0 Å². The Balaban J connectivity index is 1.77. The molecule has 1 atom stereocenters. The van der Waals surface area contributed by atoms with Gasteiger partial charge < -0.3 is 9.47 Å². The molecule has 0 fully saturated rings. The Morgan fingerprint density at radius 3 is 2.60 bits per heavy atom. The number of hydrazone groups is 1. The summed E-state index contributed by atoms with van der Waals surface area (Å²) in [5, 5.41) is 5.69. The molecule has 0 spiro atoms. The first kappa shape index (κ1) is 19.1. The molecule has 1 aliphatic heterocycles. The fourth-order valence-corrected chi connectivity index (χ4v) is 2.34. The van der Waals surface area contributed by atoms with Crippen LogP contribution in [0.5, 0.6) is 0 Å². The minimum atomic E-state index is -0.673. The molecule has 1 aromatic carbocycles. The third-order valence-corrected chi connectivity index (χ3v) is 3.93. The summed E-state index contributed by atoms with van der Waals surface area (Å²) < 4.78 is 10.5. The molecule has 1 aromatic rings. The van der Waals surface area contributed by atoms with Crippen molar-refractivity contribution in [1.82, 2.24) is 5.01 Å². The van der Waals surface area contributed by atoms with Crippen LogP contribution in [0.15, 0.2) is 35.4 Å². The molecule has 1 amide bonds.